The van der Waals surface area contributed by atoms with Crippen molar-refractivity contribution in [2.24, 2.45) is 5.92 Å². The molecule has 1 aliphatic carbocycles. The van der Waals surface area contributed by atoms with E-state index in [1.807, 2.05) is 4.68 Å². The van der Waals surface area contributed by atoms with Gasteiger partial charge in [-0.15, -0.1) is 0 Å². The molecule has 28 heavy (non-hydrogen) atoms. The van der Waals surface area contributed by atoms with E-state index in [9.17, 15) is 13.2 Å². The van der Waals surface area contributed by atoms with Gasteiger partial charge in [0.05, 0.1) is 18.8 Å². The molecule has 2 aromatic rings. The molecule has 1 fully saturated rings. The summed E-state index contributed by atoms with van der Waals surface area (Å²) in [5.41, 5.74) is 1.08. The maximum Gasteiger partial charge on any atom is 0.490 e. The Kier molecular flexibility index (Phi) is 6.32. The van der Waals surface area contributed by atoms with Crippen molar-refractivity contribution in [3.05, 3.63) is 30.4 Å². The fourth-order valence-electron chi connectivity index (χ4n) is 3.63. The number of hydrogen-bond acceptors (Lipinski definition) is 5. The first-order valence-electron chi connectivity index (χ1n) is 9.21. The maximum absolute atomic E-state index is 10.6. The maximum atomic E-state index is 10.6. The van der Waals surface area contributed by atoms with Gasteiger partial charge in [0.1, 0.15) is 18.5 Å². The van der Waals surface area contributed by atoms with E-state index in [4.69, 9.17) is 14.9 Å². The van der Waals surface area contributed by atoms with Crippen molar-refractivity contribution < 1.29 is 23.1 Å². The first kappa shape index (κ1) is 20.3. The van der Waals surface area contributed by atoms with Crippen LogP contribution in [-0.2, 0) is 24.4 Å². The van der Waals surface area contributed by atoms with Crippen LogP contribution in [-0.4, -0.2) is 59.6 Å². The SMILES string of the molecule is O=C(O)C(F)(F)F.c1ncn(Cc2cn3c(n2)CN(CC2CCCC2)CC3)n1. The van der Waals surface area contributed by atoms with Gasteiger partial charge in [-0.05, 0) is 18.8 Å². The Labute approximate surface area is 160 Å². The van der Waals surface area contributed by atoms with Gasteiger partial charge in [0.15, 0.2) is 0 Å². The Hall–Kier alpha value is -2.43. The summed E-state index contributed by atoms with van der Waals surface area (Å²) in [5, 5.41) is 11.3. The number of imidazole rings is 1. The molecule has 0 spiro atoms. The molecule has 0 radical (unpaired) electrons. The summed E-state index contributed by atoms with van der Waals surface area (Å²) in [6.45, 7) is 5.18. The number of alkyl halides is 3. The number of hydrogen-bond donors (Lipinski definition) is 1. The van der Waals surface area contributed by atoms with Crippen molar-refractivity contribution in [2.45, 2.75) is 51.5 Å². The lowest BCUT2D eigenvalue weighted by atomic mass is 10.1. The molecule has 0 saturated heterocycles. The molecule has 11 heteroatoms. The Morgan fingerprint density at radius 3 is 2.57 bits per heavy atom. The Bertz CT molecular complexity index is 768. The van der Waals surface area contributed by atoms with Gasteiger partial charge in [0.25, 0.3) is 0 Å². The Morgan fingerprint density at radius 2 is 1.96 bits per heavy atom. The van der Waals surface area contributed by atoms with Crippen LogP contribution in [0.4, 0.5) is 13.2 Å². The average Bonchev–Trinajstić information content (AvgIpc) is 3.36. The molecule has 8 nitrogen and oxygen atoms in total. The van der Waals surface area contributed by atoms with Crippen molar-refractivity contribution >= 4 is 5.97 Å². The molecule has 0 unspecified atom stereocenters. The fourth-order valence-corrected chi connectivity index (χ4v) is 3.63. The van der Waals surface area contributed by atoms with Crippen molar-refractivity contribution in [3.8, 4) is 0 Å². The summed E-state index contributed by atoms with van der Waals surface area (Å²) in [5.74, 6) is -0.636. The van der Waals surface area contributed by atoms with Crippen LogP contribution in [0.2, 0.25) is 0 Å². The molecule has 1 N–H and O–H groups in total. The minimum atomic E-state index is -5.08. The molecular formula is C17H23F3N6O2. The fraction of sp³-hybridized carbons (Fsp3) is 0.647. The van der Waals surface area contributed by atoms with Crippen molar-refractivity contribution in [1.82, 2.24) is 29.2 Å². The van der Waals surface area contributed by atoms with Gasteiger partial charge in [0, 0.05) is 25.8 Å². The van der Waals surface area contributed by atoms with Gasteiger partial charge >= 0.3 is 12.1 Å². The number of rotatable bonds is 4. The summed E-state index contributed by atoms with van der Waals surface area (Å²) in [4.78, 5) is 20.2. The number of carbonyl (C=O) groups is 1. The van der Waals surface area contributed by atoms with E-state index in [1.165, 1.54) is 38.1 Å². The van der Waals surface area contributed by atoms with Crippen LogP contribution < -0.4 is 0 Å². The van der Waals surface area contributed by atoms with Gasteiger partial charge in [-0.3, -0.25) is 4.90 Å². The first-order valence-corrected chi connectivity index (χ1v) is 9.21. The summed E-state index contributed by atoms with van der Waals surface area (Å²) in [7, 11) is 0. The minimum Gasteiger partial charge on any atom is -0.475 e. The third-order valence-electron chi connectivity index (χ3n) is 4.96. The van der Waals surface area contributed by atoms with Gasteiger partial charge in [-0.25, -0.2) is 19.4 Å². The van der Waals surface area contributed by atoms with E-state index < -0.39 is 12.1 Å². The van der Waals surface area contributed by atoms with Crippen molar-refractivity contribution in [1.29, 1.82) is 0 Å². The molecule has 4 rings (SSSR count). The topological polar surface area (TPSA) is 89.1 Å². The molecule has 2 aromatic heterocycles. The quantitative estimate of drug-likeness (QED) is 0.846. The molecule has 0 amide bonds. The summed E-state index contributed by atoms with van der Waals surface area (Å²) >= 11 is 0. The van der Waals surface area contributed by atoms with E-state index >= 15 is 0 Å². The number of aromatic nitrogens is 5. The molecular weight excluding hydrogens is 377 g/mol. The lowest BCUT2D eigenvalue weighted by molar-refractivity contribution is -0.192. The van der Waals surface area contributed by atoms with Crippen molar-refractivity contribution in [3.63, 3.8) is 0 Å². The molecule has 154 valence electrons. The highest BCUT2D eigenvalue weighted by molar-refractivity contribution is 5.73. The number of aliphatic carboxylic acids is 1. The number of nitrogens with zero attached hydrogens (tertiary/aromatic N) is 6. The van der Waals surface area contributed by atoms with Crippen LogP contribution >= 0.6 is 0 Å². The van der Waals surface area contributed by atoms with E-state index in [0.717, 1.165) is 31.2 Å². The van der Waals surface area contributed by atoms with Crippen LogP contribution in [0, 0.1) is 5.92 Å². The van der Waals surface area contributed by atoms with E-state index in [2.05, 4.69) is 25.7 Å². The Balaban J connectivity index is 0.000000279. The largest absolute Gasteiger partial charge is 0.490 e. The van der Waals surface area contributed by atoms with E-state index in [1.54, 1.807) is 12.7 Å². The van der Waals surface area contributed by atoms with E-state index in [-0.39, 0.29) is 0 Å². The second-order valence-electron chi connectivity index (χ2n) is 7.12. The zero-order valence-corrected chi connectivity index (χ0v) is 15.3. The van der Waals surface area contributed by atoms with E-state index in [0.29, 0.717) is 6.54 Å². The standard InChI is InChI=1S/C15H22N6.C2HF3O2/c1-2-4-13(3-1)7-19-5-6-20-8-14(18-15(20)10-19)9-21-12-16-11-17-21;3-2(4,5)1(6)7/h8,11-13H,1-7,9-10H2;(H,6,7). The molecule has 1 aliphatic heterocycles. The summed E-state index contributed by atoms with van der Waals surface area (Å²) < 4.78 is 35.9. The normalized spacial score (nSPS) is 17.8. The highest BCUT2D eigenvalue weighted by atomic mass is 19.4. The molecule has 0 bridgehead atoms. The second-order valence-corrected chi connectivity index (χ2v) is 7.12. The first-order chi connectivity index (χ1) is 13.3. The third kappa shape index (κ3) is 5.54. The second kappa shape index (κ2) is 8.72. The Morgan fingerprint density at radius 1 is 1.25 bits per heavy atom. The molecule has 0 aromatic carbocycles. The van der Waals surface area contributed by atoms with Crippen molar-refractivity contribution in [2.75, 3.05) is 13.1 Å². The predicted octanol–water partition coefficient (Wildman–Crippen LogP) is 2.16. The van der Waals surface area contributed by atoms with Gasteiger partial charge in [-0.1, -0.05) is 12.8 Å². The highest BCUT2D eigenvalue weighted by Gasteiger charge is 2.38. The lowest BCUT2D eigenvalue weighted by Gasteiger charge is -2.29. The van der Waals surface area contributed by atoms with Gasteiger partial charge < -0.3 is 9.67 Å². The van der Waals surface area contributed by atoms with Gasteiger partial charge in [0.2, 0.25) is 0 Å². The molecule has 3 heterocycles. The average molecular weight is 400 g/mol. The lowest BCUT2D eigenvalue weighted by Crippen LogP contribution is -2.36. The molecule has 2 aliphatic rings. The highest BCUT2D eigenvalue weighted by Crippen LogP contribution is 2.26. The number of carboxylic acids is 1. The predicted molar refractivity (Wildman–Crippen MR) is 92.3 cm³/mol. The van der Waals surface area contributed by atoms with Crippen LogP contribution in [0.25, 0.3) is 0 Å². The van der Waals surface area contributed by atoms with Gasteiger partial charge in [-0.2, -0.15) is 18.3 Å². The van der Waals surface area contributed by atoms with Crippen LogP contribution in [0.3, 0.4) is 0 Å². The van der Waals surface area contributed by atoms with Crippen LogP contribution in [0.1, 0.15) is 37.2 Å². The molecule has 1 saturated carbocycles. The number of halogens is 3. The van der Waals surface area contributed by atoms with Crippen LogP contribution in [0.5, 0.6) is 0 Å². The number of fused-ring (bicyclic) bond motifs is 1. The molecule has 0 atom stereocenters. The third-order valence-corrected chi connectivity index (χ3v) is 4.96. The zero-order valence-electron chi connectivity index (χ0n) is 15.3. The minimum absolute atomic E-state index is 0.711. The number of carboxylic acid groups (broad SMARTS) is 1. The monoisotopic (exact) mass is 400 g/mol. The summed E-state index contributed by atoms with van der Waals surface area (Å²) in [6, 6.07) is 0. The summed E-state index contributed by atoms with van der Waals surface area (Å²) in [6.07, 6.45) is 6.09. The van der Waals surface area contributed by atoms with Crippen LogP contribution in [0.15, 0.2) is 18.9 Å². The zero-order chi connectivity index (χ0) is 20.1. The smallest absolute Gasteiger partial charge is 0.475 e.